The number of benzene rings is 1. The van der Waals surface area contributed by atoms with E-state index in [9.17, 15) is 14.0 Å². The zero-order chi connectivity index (χ0) is 20.9. The standard InChI is InChI=1S/C21H23FN6O2/c22-16-5-3-4-15(12-16)14-28-20(29)8-7-19(26-28)27-11-2-1-6-17(27)13-23-21(30)18-9-10-24-25-18/h3-5,7-10,12,17H,1-2,6,11,13-14H2,(H,23,30)(H,24,25). The number of anilines is 1. The zero-order valence-corrected chi connectivity index (χ0v) is 16.4. The fourth-order valence-electron chi connectivity index (χ4n) is 3.72. The molecule has 0 aliphatic carbocycles. The summed E-state index contributed by atoms with van der Waals surface area (Å²) in [4.78, 5) is 26.6. The predicted molar refractivity (Wildman–Crippen MR) is 110 cm³/mol. The van der Waals surface area contributed by atoms with Crippen LogP contribution in [0.15, 0.2) is 53.5 Å². The lowest BCUT2D eigenvalue weighted by molar-refractivity contribution is 0.0944. The number of carbonyl (C=O) groups excluding carboxylic acids is 1. The molecule has 1 aromatic carbocycles. The smallest absolute Gasteiger partial charge is 0.269 e. The Labute approximate surface area is 172 Å². The van der Waals surface area contributed by atoms with Gasteiger partial charge in [0.2, 0.25) is 0 Å². The first-order valence-electron chi connectivity index (χ1n) is 9.97. The lowest BCUT2D eigenvalue weighted by atomic mass is 10.0. The molecular formula is C21H23FN6O2. The van der Waals surface area contributed by atoms with Gasteiger partial charge in [0.25, 0.3) is 11.5 Å². The maximum atomic E-state index is 13.5. The van der Waals surface area contributed by atoms with Crippen molar-refractivity contribution >= 4 is 11.7 Å². The van der Waals surface area contributed by atoms with E-state index in [4.69, 9.17) is 0 Å². The van der Waals surface area contributed by atoms with Gasteiger partial charge in [-0.1, -0.05) is 12.1 Å². The number of rotatable bonds is 6. The molecule has 8 nitrogen and oxygen atoms in total. The van der Waals surface area contributed by atoms with Crippen molar-refractivity contribution in [2.75, 3.05) is 18.0 Å². The van der Waals surface area contributed by atoms with Crippen molar-refractivity contribution in [3.8, 4) is 0 Å². The molecule has 1 aliphatic heterocycles. The zero-order valence-electron chi connectivity index (χ0n) is 16.4. The number of nitrogens with one attached hydrogen (secondary N) is 2. The molecule has 3 heterocycles. The summed E-state index contributed by atoms with van der Waals surface area (Å²) in [6.45, 7) is 1.44. The number of nitrogens with zero attached hydrogens (tertiary/aromatic N) is 4. The Morgan fingerprint density at radius 1 is 1.23 bits per heavy atom. The molecule has 0 bridgehead atoms. The summed E-state index contributed by atoms with van der Waals surface area (Å²) >= 11 is 0. The average Bonchev–Trinajstić information content (AvgIpc) is 3.29. The van der Waals surface area contributed by atoms with Gasteiger partial charge in [-0.05, 0) is 49.1 Å². The van der Waals surface area contributed by atoms with Crippen LogP contribution in [0.5, 0.6) is 0 Å². The van der Waals surface area contributed by atoms with Crippen LogP contribution in [0.2, 0.25) is 0 Å². The van der Waals surface area contributed by atoms with Gasteiger partial charge in [0.15, 0.2) is 0 Å². The molecule has 1 fully saturated rings. The summed E-state index contributed by atoms with van der Waals surface area (Å²) in [5, 5.41) is 13.9. The number of aromatic amines is 1. The summed E-state index contributed by atoms with van der Waals surface area (Å²) in [6, 6.07) is 11.0. The van der Waals surface area contributed by atoms with Crippen molar-refractivity contribution in [3.05, 3.63) is 76.1 Å². The predicted octanol–water partition coefficient (Wildman–Crippen LogP) is 1.94. The SMILES string of the molecule is O=C(NCC1CCCCN1c1ccc(=O)n(Cc2cccc(F)c2)n1)c1ccn[nH]1. The van der Waals surface area contributed by atoms with Gasteiger partial charge in [-0.2, -0.15) is 10.2 Å². The van der Waals surface area contributed by atoms with E-state index >= 15 is 0 Å². The molecule has 1 amide bonds. The second kappa shape index (κ2) is 8.89. The van der Waals surface area contributed by atoms with Crippen molar-refractivity contribution in [3.63, 3.8) is 0 Å². The van der Waals surface area contributed by atoms with Crippen LogP contribution in [-0.4, -0.2) is 45.0 Å². The van der Waals surface area contributed by atoms with E-state index in [1.54, 1.807) is 24.3 Å². The maximum Gasteiger partial charge on any atom is 0.269 e. The van der Waals surface area contributed by atoms with Crippen molar-refractivity contribution < 1.29 is 9.18 Å². The topological polar surface area (TPSA) is 95.9 Å². The van der Waals surface area contributed by atoms with E-state index in [-0.39, 0.29) is 29.9 Å². The molecule has 9 heteroatoms. The van der Waals surface area contributed by atoms with Crippen LogP contribution in [0.25, 0.3) is 0 Å². The van der Waals surface area contributed by atoms with Crippen molar-refractivity contribution in [1.82, 2.24) is 25.3 Å². The molecule has 0 radical (unpaired) electrons. The molecule has 156 valence electrons. The Hall–Kier alpha value is -3.49. The van der Waals surface area contributed by atoms with Gasteiger partial charge in [0.1, 0.15) is 17.3 Å². The molecule has 1 unspecified atom stereocenters. The fourth-order valence-corrected chi connectivity index (χ4v) is 3.72. The average molecular weight is 410 g/mol. The molecule has 1 atom stereocenters. The summed E-state index contributed by atoms with van der Waals surface area (Å²) < 4.78 is 14.8. The minimum atomic E-state index is -0.346. The first-order valence-corrected chi connectivity index (χ1v) is 9.97. The highest BCUT2D eigenvalue weighted by molar-refractivity contribution is 5.92. The van der Waals surface area contributed by atoms with E-state index in [0.717, 1.165) is 25.8 Å². The number of H-pyrrole nitrogens is 1. The Bertz CT molecular complexity index is 1070. The molecule has 2 N–H and O–H groups in total. The third kappa shape index (κ3) is 4.56. The molecule has 1 aliphatic rings. The first-order chi connectivity index (χ1) is 14.6. The molecule has 2 aromatic heterocycles. The first kappa shape index (κ1) is 19.8. The summed E-state index contributed by atoms with van der Waals surface area (Å²) in [5.41, 5.74) is 0.840. The molecule has 30 heavy (non-hydrogen) atoms. The summed E-state index contributed by atoms with van der Waals surface area (Å²) in [7, 11) is 0. The Balaban J connectivity index is 1.50. The summed E-state index contributed by atoms with van der Waals surface area (Å²) in [5.74, 6) is 0.120. The van der Waals surface area contributed by atoms with Crippen LogP contribution in [0, 0.1) is 5.82 Å². The molecule has 3 aromatic rings. The molecular weight excluding hydrogens is 387 g/mol. The highest BCUT2D eigenvalue weighted by Crippen LogP contribution is 2.22. The number of amides is 1. The van der Waals surface area contributed by atoms with Crippen LogP contribution < -0.4 is 15.8 Å². The number of halogens is 1. The number of piperidine rings is 1. The van der Waals surface area contributed by atoms with Gasteiger partial charge < -0.3 is 10.2 Å². The number of aromatic nitrogens is 4. The Morgan fingerprint density at radius 2 is 2.13 bits per heavy atom. The third-order valence-corrected chi connectivity index (χ3v) is 5.24. The van der Waals surface area contributed by atoms with Crippen molar-refractivity contribution in [1.29, 1.82) is 0 Å². The van der Waals surface area contributed by atoms with E-state index in [1.165, 1.54) is 29.1 Å². The van der Waals surface area contributed by atoms with Gasteiger partial charge in [0, 0.05) is 31.4 Å². The van der Waals surface area contributed by atoms with Crippen LogP contribution in [0.4, 0.5) is 10.2 Å². The lowest BCUT2D eigenvalue weighted by Crippen LogP contribution is -2.47. The molecule has 0 spiro atoms. The van der Waals surface area contributed by atoms with E-state index in [1.807, 2.05) is 0 Å². The van der Waals surface area contributed by atoms with E-state index < -0.39 is 0 Å². The Kier molecular flexibility index (Phi) is 5.87. The number of hydrogen-bond donors (Lipinski definition) is 2. The molecule has 1 saturated heterocycles. The van der Waals surface area contributed by atoms with Crippen LogP contribution in [-0.2, 0) is 6.54 Å². The van der Waals surface area contributed by atoms with E-state index in [2.05, 4.69) is 25.5 Å². The summed E-state index contributed by atoms with van der Waals surface area (Å²) in [6.07, 6.45) is 4.52. The van der Waals surface area contributed by atoms with E-state index in [0.29, 0.717) is 23.6 Å². The lowest BCUT2D eigenvalue weighted by Gasteiger charge is -2.36. The number of carbonyl (C=O) groups is 1. The van der Waals surface area contributed by atoms with Crippen molar-refractivity contribution in [2.24, 2.45) is 0 Å². The van der Waals surface area contributed by atoms with Crippen LogP contribution in [0.3, 0.4) is 0 Å². The Morgan fingerprint density at radius 3 is 2.93 bits per heavy atom. The highest BCUT2D eigenvalue weighted by atomic mass is 19.1. The third-order valence-electron chi connectivity index (χ3n) is 5.24. The van der Waals surface area contributed by atoms with Gasteiger partial charge in [0.05, 0.1) is 6.54 Å². The molecule has 0 saturated carbocycles. The normalized spacial score (nSPS) is 16.4. The molecule has 4 rings (SSSR count). The maximum absolute atomic E-state index is 13.5. The van der Waals surface area contributed by atoms with Crippen LogP contribution in [0.1, 0.15) is 35.3 Å². The van der Waals surface area contributed by atoms with Crippen LogP contribution >= 0.6 is 0 Å². The second-order valence-electron chi connectivity index (χ2n) is 7.34. The van der Waals surface area contributed by atoms with Gasteiger partial charge >= 0.3 is 0 Å². The largest absolute Gasteiger partial charge is 0.350 e. The fraction of sp³-hybridized carbons (Fsp3) is 0.333. The highest BCUT2D eigenvalue weighted by Gasteiger charge is 2.25. The minimum Gasteiger partial charge on any atom is -0.350 e. The van der Waals surface area contributed by atoms with Gasteiger partial charge in [-0.15, -0.1) is 0 Å². The number of hydrogen-bond acceptors (Lipinski definition) is 5. The van der Waals surface area contributed by atoms with Gasteiger partial charge in [-0.25, -0.2) is 9.07 Å². The quantitative estimate of drug-likeness (QED) is 0.648. The monoisotopic (exact) mass is 410 g/mol. The van der Waals surface area contributed by atoms with Gasteiger partial charge in [-0.3, -0.25) is 14.7 Å². The minimum absolute atomic E-state index is 0.0678. The van der Waals surface area contributed by atoms with Crippen molar-refractivity contribution in [2.45, 2.75) is 31.8 Å². The second-order valence-corrected chi connectivity index (χ2v) is 7.34.